The van der Waals surface area contributed by atoms with Crippen molar-refractivity contribution in [2.75, 3.05) is 19.8 Å². The fourth-order valence-electron chi connectivity index (χ4n) is 1.90. The molecule has 0 aliphatic carbocycles. The Bertz CT molecular complexity index is 333. The van der Waals surface area contributed by atoms with Crippen molar-refractivity contribution in [1.29, 1.82) is 0 Å². The highest BCUT2D eigenvalue weighted by Crippen LogP contribution is 2.24. The molecule has 0 spiro atoms. The molecule has 0 saturated carbocycles. The van der Waals surface area contributed by atoms with Gasteiger partial charge in [-0.2, -0.15) is 5.10 Å². The summed E-state index contributed by atoms with van der Waals surface area (Å²) >= 11 is 3.59. The number of nitrogens with zero attached hydrogens (tertiary/aromatic N) is 2. The Hall–Kier alpha value is -0.390. The van der Waals surface area contributed by atoms with Crippen LogP contribution in [-0.4, -0.2) is 29.5 Å². The molecule has 0 aliphatic rings. The van der Waals surface area contributed by atoms with E-state index < -0.39 is 0 Å². The second kappa shape index (κ2) is 8.67. The molecule has 1 unspecified atom stereocenters. The summed E-state index contributed by atoms with van der Waals surface area (Å²) in [5.41, 5.74) is 1.19. The number of ether oxygens (including phenoxy) is 1. The first-order valence-corrected chi connectivity index (χ1v) is 7.56. The van der Waals surface area contributed by atoms with Gasteiger partial charge in [0.05, 0.1) is 29.0 Å². The zero-order chi connectivity index (χ0) is 13.4. The van der Waals surface area contributed by atoms with E-state index >= 15 is 0 Å². The zero-order valence-electron chi connectivity index (χ0n) is 11.6. The molecule has 104 valence electrons. The van der Waals surface area contributed by atoms with Gasteiger partial charge in [0.2, 0.25) is 0 Å². The fourth-order valence-corrected chi connectivity index (χ4v) is 2.47. The van der Waals surface area contributed by atoms with Crippen molar-refractivity contribution < 1.29 is 4.74 Å². The van der Waals surface area contributed by atoms with Crippen LogP contribution in [0.15, 0.2) is 10.7 Å². The molecule has 0 aromatic carbocycles. The Morgan fingerprint density at radius 1 is 1.39 bits per heavy atom. The number of rotatable bonds is 9. The lowest BCUT2D eigenvalue weighted by molar-refractivity contribution is 0.120. The fraction of sp³-hybridized carbons (Fsp3) is 0.769. The highest BCUT2D eigenvalue weighted by molar-refractivity contribution is 9.10. The van der Waals surface area contributed by atoms with Gasteiger partial charge < -0.3 is 10.1 Å². The maximum absolute atomic E-state index is 5.58. The van der Waals surface area contributed by atoms with Crippen LogP contribution >= 0.6 is 15.9 Å². The molecule has 18 heavy (non-hydrogen) atoms. The highest BCUT2D eigenvalue weighted by atomic mass is 79.9. The van der Waals surface area contributed by atoms with Crippen molar-refractivity contribution in [3.05, 3.63) is 16.4 Å². The second-order valence-electron chi connectivity index (χ2n) is 4.27. The summed E-state index contributed by atoms with van der Waals surface area (Å²) in [6.07, 6.45) is 4.07. The molecule has 1 heterocycles. The molecule has 1 aromatic heterocycles. The van der Waals surface area contributed by atoms with Crippen LogP contribution in [0.3, 0.4) is 0 Å². The minimum absolute atomic E-state index is 0.202. The van der Waals surface area contributed by atoms with Crippen LogP contribution in [0.1, 0.15) is 45.3 Å². The number of nitrogens with one attached hydrogen (secondary N) is 1. The molecule has 1 atom stereocenters. The highest BCUT2D eigenvalue weighted by Gasteiger charge is 2.19. The lowest BCUT2D eigenvalue weighted by Gasteiger charge is -2.20. The Kier molecular flexibility index (Phi) is 7.54. The van der Waals surface area contributed by atoms with Gasteiger partial charge in [-0.25, -0.2) is 0 Å². The van der Waals surface area contributed by atoms with Crippen molar-refractivity contribution in [3.63, 3.8) is 0 Å². The summed E-state index contributed by atoms with van der Waals surface area (Å²) in [6.45, 7) is 9.71. The van der Waals surface area contributed by atoms with Gasteiger partial charge >= 0.3 is 0 Å². The largest absolute Gasteiger partial charge is 0.380 e. The Morgan fingerprint density at radius 2 is 2.17 bits per heavy atom. The molecule has 5 heteroatoms. The summed E-state index contributed by atoms with van der Waals surface area (Å²) in [6, 6.07) is 0.202. The minimum Gasteiger partial charge on any atom is -0.380 e. The predicted octanol–water partition coefficient (Wildman–Crippen LogP) is 3.13. The predicted molar refractivity (Wildman–Crippen MR) is 77.7 cm³/mol. The van der Waals surface area contributed by atoms with E-state index in [1.165, 1.54) is 5.69 Å². The third-order valence-corrected chi connectivity index (χ3v) is 3.34. The quantitative estimate of drug-likeness (QED) is 0.760. The second-order valence-corrected chi connectivity index (χ2v) is 5.12. The molecular formula is C13H24BrN3O. The number of aryl methyl sites for hydroxylation is 1. The van der Waals surface area contributed by atoms with Crippen LogP contribution in [0.2, 0.25) is 0 Å². The normalized spacial score (nSPS) is 12.9. The van der Waals surface area contributed by atoms with Crippen LogP contribution in [0.5, 0.6) is 0 Å². The molecule has 0 bridgehead atoms. The van der Waals surface area contributed by atoms with Crippen LogP contribution in [0.25, 0.3) is 0 Å². The van der Waals surface area contributed by atoms with Gasteiger partial charge in [0, 0.05) is 13.2 Å². The summed E-state index contributed by atoms with van der Waals surface area (Å²) in [7, 11) is 0. The number of hydrogen-bond donors (Lipinski definition) is 1. The van der Waals surface area contributed by atoms with Crippen molar-refractivity contribution in [2.24, 2.45) is 0 Å². The van der Waals surface area contributed by atoms with Gasteiger partial charge in [-0.1, -0.05) is 13.8 Å². The summed E-state index contributed by atoms with van der Waals surface area (Å²) in [5, 5.41) is 7.95. The van der Waals surface area contributed by atoms with E-state index in [1.54, 1.807) is 0 Å². The third-order valence-electron chi connectivity index (χ3n) is 2.73. The number of hydrogen-bond acceptors (Lipinski definition) is 3. The van der Waals surface area contributed by atoms with E-state index in [1.807, 2.05) is 13.1 Å². The van der Waals surface area contributed by atoms with Gasteiger partial charge in [0.1, 0.15) is 0 Å². The van der Waals surface area contributed by atoms with Gasteiger partial charge in [-0.05, 0) is 42.2 Å². The lowest BCUT2D eigenvalue weighted by atomic mass is 10.2. The molecule has 1 N–H and O–H groups in total. The van der Waals surface area contributed by atoms with Crippen LogP contribution in [-0.2, 0) is 11.3 Å². The monoisotopic (exact) mass is 317 g/mol. The van der Waals surface area contributed by atoms with Crippen LogP contribution < -0.4 is 5.32 Å². The van der Waals surface area contributed by atoms with Gasteiger partial charge in [-0.15, -0.1) is 0 Å². The van der Waals surface area contributed by atoms with E-state index in [0.717, 1.165) is 37.0 Å². The molecule has 0 radical (unpaired) electrons. The summed E-state index contributed by atoms with van der Waals surface area (Å²) in [5.74, 6) is 0. The van der Waals surface area contributed by atoms with E-state index in [-0.39, 0.29) is 6.04 Å². The molecule has 4 nitrogen and oxygen atoms in total. The molecule has 0 saturated heterocycles. The van der Waals surface area contributed by atoms with E-state index in [0.29, 0.717) is 6.61 Å². The van der Waals surface area contributed by atoms with Crippen molar-refractivity contribution in [3.8, 4) is 0 Å². The van der Waals surface area contributed by atoms with Crippen molar-refractivity contribution >= 4 is 15.9 Å². The molecule has 0 fully saturated rings. The molecule has 1 rings (SSSR count). The van der Waals surface area contributed by atoms with Crippen LogP contribution in [0, 0.1) is 0 Å². The average Bonchev–Trinajstić information content (AvgIpc) is 2.72. The first-order valence-electron chi connectivity index (χ1n) is 6.76. The third kappa shape index (κ3) is 4.37. The lowest BCUT2D eigenvalue weighted by Crippen LogP contribution is -2.29. The first kappa shape index (κ1) is 15.7. The van der Waals surface area contributed by atoms with E-state index in [9.17, 15) is 0 Å². The van der Waals surface area contributed by atoms with Crippen LogP contribution in [0.4, 0.5) is 0 Å². The number of aromatic nitrogens is 2. The maximum Gasteiger partial charge on any atom is 0.0741 e. The smallest absolute Gasteiger partial charge is 0.0741 e. The Balaban J connectivity index is 2.83. The van der Waals surface area contributed by atoms with E-state index in [2.05, 4.69) is 44.9 Å². The van der Waals surface area contributed by atoms with Gasteiger partial charge in [0.15, 0.2) is 0 Å². The first-order chi connectivity index (χ1) is 8.74. The summed E-state index contributed by atoms with van der Waals surface area (Å²) in [4.78, 5) is 0. The van der Waals surface area contributed by atoms with E-state index in [4.69, 9.17) is 4.74 Å². The van der Waals surface area contributed by atoms with Crippen molar-refractivity contribution in [1.82, 2.24) is 15.1 Å². The molecule has 1 aromatic rings. The molecule has 0 amide bonds. The summed E-state index contributed by atoms with van der Waals surface area (Å²) < 4.78 is 8.71. The average molecular weight is 318 g/mol. The van der Waals surface area contributed by atoms with Gasteiger partial charge in [-0.3, -0.25) is 4.68 Å². The SMILES string of the molecule is CCCNC(COCC)c1c(Br)cnn1CCC. The minimum atomic E-state index is 0.202. The maximum atomic E-state index is 5.58. The zero-order valence-corrected chi connectivity index (χ0v) is 13.2. The molecular weight excluding hydrogens is 294 g/mol. The van der Waals surface area contributed by atoms with Gasteiger partial charge in [0.25, 0.3) is 0 Å². The Labute approximate surface area is 118 Å². The van der Waals surface area contributed by atoms with Crippen molar-refractivity contribution in [2.45, 2.75) is 46.2 Å². The standard InChI is InChI=1S/C13H24BrN3O/c1-4-7-15-12(10-18-6-3)13-11(14)9-16-17(13)8-5-2/h9,12,15H,4-8,10H2,1-3H3. The number of halogens is 1. The molecule has 0 aliphatic heterocycles. The topological polar surface area (TPSA) is 39.1 Å². The Morgan fingerprint density at radius 3 is 2.78 bits per heavy atom.